The first kappa shape index (κ1) is 30.5. The fourth-order valence-corrected chi connectivity index (χ4v) is 3.97. The van der Waals surface area contributed by atoms with E-state index < -0.39 is 41.0 Å². The van der Waals surface area contributed by atoms with Crippen LogP contribution in [0.4, 0.5) is 23.4 Å². The van der Waals surface area contributed by atoms with Crippen LogP contribution in [-0.2, 0) is 11.3 Å². The van der Waals surface area contributed by atoms with Crippen LogP contribution >= 0.6 is 0 Å². The van der Waals surface area contributed by atoms with Crippen LogP contribution in [0.25, 0.3) is 11.0 Å². The van der Waals surface area contributed by atoms with Gasteiger partial charge in [0.15, 0.2) is 11.6 Å². The van der Waals surface area contributed by atoms with E-state index >= 15 is 0 Å². The molecular weight excluding hydrogens is 542 g/mol. The fourth-order valence-electron chi connectivity index (χ4n) is 3.97. The van der Waals surface area contributed by atoms with Gasteiger partial charge >= 0.3 is 18.1 Å². The summed E-state index contributed by atoms with van der Waals surface area (Å²) in [6, 6.07) is 11.0. The molecule has 11 nitrogen and oxygen atoms in total. The zero-order valence-corrected chi connectivity index (χ0v) is 20.9. The van der Waals surface area contributed by atoms with Crippen LogP contribution < -0.4 is 21.0 Å². The number of aliphatic hydroxyl groups excluding tert-OH is 1. The number of aromatic amines is 1. The van der Waals surface area contributed by atoms with Gasteiger partial charge in [0.05, 0.1) is 11.5 Å². The number of pyridine rings is 2. The van der Waals surface area contributed by atoms with Crippen LogP contribution in [0.2, 0.25) is 0 Å². The van der Waals surface area contributed by atoms with E-state index in [9.17, 15) is 32.3 Å². The normalized spacial score (nSPS) is 15.9. The van der Waals surface area contributed by atoms with Crippen LogP contribution in [0.5, 0.6) is 0 Å². The molecular formula is C25H27F4N5O6. The minimum Gasteiger partial charge on any atom is -0.477 e. The second-order valence-electron chi connectivity index (χ2n) is 8.94. The van der Waals surface area contributed by atoms with E-state index in [4.69, 9.17) is 15.0 Å². The lowest BCUT2D eigenvalue weighted by Crippen LogP contribution is -2.41. The van der Waals surface area contributed by atoms with E-state index in [-0.39, 0.29) is 22.9 Å². The smallest absolute Gasteiger partial charge is 0.477 e. The highest BCUT2D eigenvalue weighted by atomic mass is 19.4. The Morgan fingerprint density at radius 1 is 1.18 bits per heavy atom. The quantitative estimate of drug-likeness (QED) is 0.209. The number of anilines is 1. The molecule has 2 aromatic heterocycles. The molecule has 0 saturated carbocycles. The summed E-state index contributed by atoms with van der Waals surface area (Å²) in [7, 11) is 0. The van der Waals surface area contributed by atoms with Crippen molar-refractivity contribution in [2.45, 2.75) is 31.3 Å². The first-order chi connectivity index (χ1) is 18.9. The molecule has 1 saturated heterocycles. The maximum atomic E-state index is 14.7. The van der Waals surface area contributed by atoms with Gasteiger partial charge < -0.3 is 35.8 Å². The number of halogens is 4. The maximum absolute atomic E-state index is 14.7. The van der Waals surface area contributed by atoms with Crippen molar-refractivity contribution in [2.75, 3.05) is 31.1 Å². The van der Waals surface area contributed by atoms with Crippen molar-refractivity contribution >= 4 is 28.8 Å². The molecule has 1 aromatic carbocycles. The summed E-state index contributed by atoms with van der Waals surface area (Å²) >= 11 is 0. The molecule has 3 heterocycles. The molecule has 1 fully saturated rings. The number of carbonyl (C=O) groups is 2. The average Bonchev–Trinajstić information content (AvgIpc) is 3.37. The predicted molar refractivity (Wildman–Crippen MR) is 136 cm³/mol. The Morgan fingerprint density at radius 2 is 1.85 bits per heavy atom. The molecule has 1 aliphatic heterocycles. The lowest BCUT2D eigenvalue weighted by Gasteiger charge is -2.20. The zero-order chi connectivity index (χ0) is 29.4. The highest BCUT2D eigenvalue weighted by molar-refractivity contribution is 5.91. The number of rotatable bonds is 9. The number of aromatic carboxylic acids is 1. The maximum Gasteiger partial charge on any atom is 0.490 e. The Hall–Kier alpha value is -4.08. The van der Waals surface area contributed by atoms with Gasteiger partial charge in [-0.25, -0.2) is 19.0 Å². The number of aliphatic hydroxyl groups is 1. The number of nitrogens with one attached hydrogen (secondary N) is 3. The number of carboxylic acids is 2. The van der Waals surface area contributed by atoms with E-state index in [1.807, 2.05) is 30.3 Å². The molecule has 2 atom stereocenters. The minimum absolute atomic E-state index is 0.0547. The summed E-state index contributed by atoms with van der Waals surface area (Å²) in [4.78, 5) is 41.0. The van der Waals surface area contributed by atoms with Gasteiger partial charge in [0.25, 0.3) is 0 Å². The molecule has 0 amide bonds. The Balaban J connectivity index is 0.000000559. The third-order valence-corrected chi connectivity index (χ3v) is 5.95. The molecule has 0 spiro atoms. The first-order valence-electron chi connectivity index (χ1n) is 12.0. The number of H-pyrrole nitrogens is 1. The third kappa shape index (κ3) is 8.21. The number of nitrogens with zero attached hydrogens (tertiary/aromatic N) is 2. The van der Waals surface area contributed by atoms with Crippen LogP contribution in [0.1, 0.15) is 22.3 Å². The largest absolute Gasteiger partial charge is 0.490 e. The van der Waals surface area contributed by atoms with E-state index in [2.05, 4.69) is 20.6 Å². The molecule has 6 N–H and O–H groups in total. The van der Waals surface area contributed by atoms with Crippen molar-refractivity contribution in [1.82, 2.24) is 20.6 Å². The Kier molecular flexibility index (Phi) is 10.1. The van der Waals surface area contributed by atoms with Gasteiger partial charge in [-0.3, -0.25) is 4.79 Å². The van der Waals surface area contributed by atoms with Crippen molar-refractivity contribution in [3.63, 3.8) is 0 Å². The lowest BCUT2D eigenvalue weighted by atomic mass is 10.2. The number of aliphatic carboxylic acids is 1. The number of carboxylic acid groups (broad SMARTS) is 2. The summed E-state index contributed by atoms with van der Waals surface area (Å²) < 4.78 is 46.5. The molecule has 216 valence electrons. The van der Waals surface area contributed by atoms with E-state index in [1.54, 1.807) is 4.90 Å². The Labute approximate surface area is 224 Å². The van der Waals surface area contributed by atoms with Gasteiger partial charge in [-0.1, -0.05) is 30.3 Å². The van der Waals surface area contributed by atoms with Crippen molar-refractivity contribution in [3.8, 4) is 0 Å². The van der Waals surface area contributed by atoms with Crippen molar-refractivity contribution in [3.05, 3.63) is 69.8 Å². The van der Waals surface area contributed by atoms with Gasteiger partial charge in [-0.2, -0.15) is 13.2 Å². The Morgan fingerprint density at radius 3 is 2.48 bits per heavy atom. The lowest BCUT2D eigenvalue weighted by molar-refractivity contribution is -0.192. The second-order valence-corrected chi connectivity index (χ2v) is 8.94. The molecule has 3 aromatic rings. The van der Waals surface area contributed by atoms with Gasteiger partial charge in [-0.05, 0) is 18.1 Å². The highest BCUT2D eigenvalue weighted by Gasteiger charge is 2.38. The second kappa shape index (κ2) is 13.3. The van der Waals surface area contributed by atoms with Gasteiger partial charge in [-0.15, -0.1) is 0 Å². The molecule has 1 aliphatic rings. The molecule has 0 radical (unpaired) electrons. The molecule has 15 heteroatoms. The third-order valence-electron chi connectivity index (χ3n) is 5.95. The number of fused-ring (bicyclic) bond motifs is 1. The van der Waals surface area contributed by atoms with Crippen molar-refractivity contribution < 1.29 is 42.5 Å². The number of hydrogen-bond donors (Lipinski definition) is 6. The van der Waals surface area contributed by atoms with Gasteiger partial charge in [0.1, 0.15) is 11.2 Å². The van der Waals surface area contributed by atoms with Crippen LogP contribution in [-0.4, -0.2) is 81.7 Å². The average molecular weight is 570 g/mol. The first-order valence-corrected chi connectivity index (χ1v) is 12.0. The van der Waals surface area contributed by atoms with Crippen LogP contribution in [0.3, 0.4) is 0 Å². The molecule has 4 rings (SSSR count). The molecule has 40 heavy (non-hydrogen) atoms. The van der Waals surface area contributed by atoms with Crippen LogP contribution in [0.15, 0.2) is 47.4 Å². The van der Waals surface area contributed by atoms with Gasteiger partial charge in [0.2, 0.25) is 5.43 Å². The topological polar surface area (TPSA) is 168 Å². The van der Waals surface area contributed by atoms with E-state index in [0.29, 0.717) is 32.7 Å². The Bertz CT molecular complexity index is 1390. The molecule has 0 aliphatic carbocycles. The standard InChI is InChI=1S/C23H26FN5O4.C2HF3O2/c24-19-8-17-20(31)18(23(32)33)12-27-21(17)28-22(19)29-7-6-15(13-29)26-11-16(30)10-25-9-14-4-2-1-3-5-14;3-2(4,5)1(6)7/h1-5,8,12,15-16,25-26,30H,6-7,9-11,13H2,(H,32,33)(H,27,28,31);(H,6,7). The summed E-state index contributed by atoms with van der Waals surface area (Å²) in [6.45, 7) is 2.59. The monoisotopic (exact) mass is 569 g/mol. The summed E-state index contributed by atoms with van der Waals surface area (Å²) in [6.07, 6.45) is -3.83. The van der Waals surface area contributed by atoms with E-state index in [1.165, 1.54) is 0 Å². The summed E-state index contributed by atoms with van der Waals surface area (Å²) in [5.41, 5.74) is 0.0518. The highest BCUT2D eigenvalue weighted by Crippen LogP contribution is 2.24. The van der Waals surface area contributed by atoms with Gasteiger partial charge in [0, 0.05) is 45.0 Å². The SMILES string of the molecule is O=C(O)C(F)(F)F.O=C(O)c1c[nH]c2nc(N3CCC(NCC(O)CNCc4ccccc4)C3)c(F)cc2c1=O. The summed E-state index contributed by atoms with van der Waals surface area (Å²) in [5, 5.41) is 32.9. The van der Waals surface area contributed by atoms with Crippen molar-refractivity contribution in [1.29, 1.82) is 0 Å². The molecule has 2 unspecified atom stereocenters. The minimum atomic E-state index is -5.08. The predicted octanol–water partition coefficient (Wildman–Crippen LogP) is 1.71. The summed E-state index contributed by atoms with van der Waals surface area (Å²) in [5.74, 6) is -4.71. The number of alkyl halides is 3. The zero-order valence-electron chi connectivity index (χ0n) is 20.9. The van der Waals surface area contributed by atoms with Crippen LogP contribution in [0, 0.1) is 5.82 Å². The fraction of sp³-hybridized carbons (Fsp3) is 0.360. The molecule has 0 bridgehead atoms. The number of aromatic nitrogens is 2. The number of benzene rings is 1. The van der Waals surface area contributed by atoms with Crippen molar-refractivity contribution in [2.24, 2.45) is 0 Å². The van der Waals surface area contributed by atoms with E-state index in [0.717, 1.165) is 24.2 Å². The number of hydrogen-bond acceptors (Lipinski definition) is 8.